The molecule has 3 aromatic rings. The SMILES string of the molecule is CC(C)Nc1cc(Nc2ccnc(F)c2)nc(-c2ccccc2)n1. The highest BCUT2D eigenvalue weighted by molar-refractivity contribution is 5.65. The molecule has 2 N–H and O–H groups in total. The second-order valence-electron chi connectivity index (χ2n) is 5.62. The van der Waals surface area contributed by atoms with E-state index in [4.69, 9.17) is 0 Å². The van der Waals surface area contributed by atoms with E-state index in [2.05, 4.69) is 25.6 Å². The summed E-state index contributed by atoms with van der Waals surface area (Å²) in [4.78, 5) is 12.6. The Labute approximate surface area is 140 Å². The molecule has 0 aliphatic heterocycles. The van der Waals surface area contributed by atoms with Crippen molar-refractivity contribution < 1.29 is 4.39 Å². The van der Waals surface area contributed by atoms with Gasteiger partial charge >= 0.3 is 0 Å². The molecule has 3 rings (SSSR count). The van der Waals surface area contributed by atoms with E-state index in [1.54, 1.807) is 12.1 Å². The van der Waals surface area contributed by atoms with Crippen molar-refractivity contribution >= 4 is 17.3 Å². The standard InChI is InChI=1S/C18H18FN5/c1-12(2)21-16-11-17(22-14-8-9-20-15(19)10-14)24-18(23-16)13-6-4-3-5-7-13/h3-12H,1-2H3,(H2,20,21,22,23,24). The van der Waals surface area contributed by atoms with Gasteiger partial charge in [0.25, 0.3) is 0 Å². The highest BCUT2D eigenvalue weighted by atomic mass is 19.1. The Morgan fingerprint density at radius 2 is 1.71 bits per heavy atom. The van der Waals surface area contributed by atoms with Gasteiger partial charge in [-0.3, -0.25) is 0 Å². The number of hydrogen-bond acceptors (Lipinski definition) is 5. The lowest BCUT2D eigenvalue weighted by Crippen LogP contribution is -2.12. The number of nitrogens with zero attached hydrogens (tertiary/aromatic N) is 3. The Morgan fingerprint density at radius 3 is 2.42 bits per heavy atom. The molecular weight excluding hydrogens is 305 g/mol. The maximum atomic E-state index is 13.3. The first kappa shape index (κ1) is 15.9. The molecule has 0 amide bonds. The lowest BCUT2D eigenvalue weighted by molar-refractivity contribution is 0.584. The third-order valence-corrected chi connectivity index (χ3v) is 3.19. The second kappa shape index (κ2) is 7.04. The molecule has 0 unspecified atom stereocenters. The van der Waals surface area contributed by atoms with Crippen LogP contribution in [0.3, 0.4) is 0 Å². The van der Waals surface area contributed by atoms with Crippen LogP contribution in [0.1, 0.15) is 13.8 Å². The summed E-state index contributed by atoms with van der Waals surface area (Å²) >= 11 is 0. The van der Waals surface area contributed by atoms with Crippen LogP contribution < -0.4 is 10.6 Å². The number of aromatic nitrogens is 3. The van der Waals surface area contributed by atoms with Crippen molar-refractivity contribution in [1.82, 2.24) is 15.0 Å². The topological polar surface area (TPSA) is 62.7 Å². The van der Waals surface area contributed by atoms with Crippen LogP contribution in [0.4, 0.5) is 21.7 Å². The van der Waals surface area contributed by atoms with Gasteiger partial charge in [-0.1, -0.05) is 30.3 Å². The van der Waals surface area contributed by atoms with Gasteiger partial charge in [-0.2, -0.15) is 4.39 Å². The fraction of sp³-hybridized carbons (Fsp3) is 0.167. The Hall–Kier alpha value is -3.02. The molecule has 0 saturated heterocycles. The van der Waals surface area contributed by atoms with E-state index >= 15 is 0 Å². The summed E-state index contributed by atoms with van der Waals surface area (Å²) in [5, 5.41) is 6.37. The molecular formula is C18H18FN5. The van der Waals surface area contributed by atoms with Gasteiger partial charge in [0, 0.05) is 35.6 Å². The number of rotatable bonds is 5. The first-order valence-corrected chi connectivity index (χ1v) is 7.70. The first-order chi connectivity index (χ1) is 11.6. The van der Waals surface area contributed by atoms with Crippen molar-refractivity contribution in [3.05, 3.63) is 60.7 Å². The van der Waals surface area contributed by atoms with E-state index in [0.29, 0.717) is 23.1 Å². The van der Waals surface area contributed by atoms with Gasteiger partial charge < -0.3 is 10.6 Å². The Morgan fingerprint density at radius 1 is 0.958 bits per heavy atom. The summed E-state index contributed by atoms with van der Waals surface area (Å²) in [6, 6.07) is 14.7. The van der Waals surface area contributed by atoms with Gasteiger partial charge in [-0.25, -0.2) is 15.0 Å². The third-order valence-electron chi connectivity index (χ3n) is 3.19. The zero-order valence-electron chi connectivity index (χ0n) is 13.5. The van der Waals surface area contributed by atoms with Crippen LogP contribution in [0.2, 0.25) is 0 Å². The summed E-state index contributed by atoms with van der Waals surface area (Å²) in [6.45, 7) is 4.07. The second-order valence-corrected chi connectivity index (χ2v) is 5.62. The normalized spacial score (nSPS) is 10.7. The van der Waals surface area contributed by atoms with Crippen LogP contribution >= 0.6 is 0 Å². The fourth-order valence-electron chi connectivity index (χ4n) is 2.23. The Kier molecular flexibility index (Phi) is 4.65. The summed E-state index contributed by atoms with van der Waals surface area (Å²) in [7, 11) is 0. The average Bonchev–Trinajstić information content (AvgIpc) is 2.55. The van der Waals surface area contributed by atoms with Gasteiger partial charge in [-0.15, -0.1) is 0 Å². The molecule has 0 aliphatic rings. The van der Waals surface area contributed by atoms with Gasteiger partial charge in [-0.05, 0) is 19.9 Å². The van der Waals surface area contributed by atoms with Crippen molar-refractivity contribution in [2.45, 2.75) is 19.9 Å². The van der Waals surface area contributed by atoms with E-state index in [-0.39, 0.29) is 6.04 Å². The first-order valence-electron chi connectivity index (χ1n) is 7.70. The lowest BCUT2D eigenvalue weighted by Gasteiger charge is -2.13. The van der Waals surface area contributed by atoms with Crippen molar-refractivity contribution in [1.29, 1.82) is 0 Å². The molecule has 0 spiro atoms. The van der Waals surface area contributed by atoms with E-state index in [0.717, 1.165) is 5.56 Å². The van der Waals surface area contributed by atoms with Crippen LogP contribution in [-0.4, -0.2) is 21.0 Å². The molecule has 0 saturated carbocycles. The van der Waals surface area contributed by atoms with Gasteiger partial charge in [0.1, 0.15) is 11.6 Å². The van der Waals surface area contributed by atoms with E-state index in [9.17, 15) is 4.39 Å². The predicted octanol–water partition coefficient (Wildman–Crippen LogP) is 4.24. The lowest BCUT2D eigenvalue weighted by atomic mass is 10.2. The smallest absolute Gasteiger partial charge is 0.214 e. The van der Waals surface area contributed by atoms with Crippen LogP contribution in [0.15, 0.2) is 54.7 Å². The minimum absolute atomic E-state index is 0.231. The molecule has 0 bridgehead atoms. The van der Waals surface area contributed by atoms with Crippen molar-refractivity contribution in [3.8, 4) is 11.4 Å². The fourth-order valence-corrected chi connectivity index (χ4v) is 2.23. The summed E-state index contributed by atoms with van der Waals surface area (Å²) in [5.41, 5.74) is 1.49. The third kappa shape index (κ3) is 4.04. The maximum absolute atomic E-state index is 13.3. The molecule has 6 heteroatoms. The molecule has 122 valence electrons. The van der Waals surface area contributed by atoms with E-state index < -0.39 is 5.95 Å². The quantitative estimate of drug-likeness (QED) is 0.688. The van der Waals surface area contributed by atoms with Crippen molar-refractivity contribution in [3.63, 3.8) is 0 Å². The number of anilines is 3. The number of nitrogens with one attached hydrogen (secondary N) is 2. The van der Waals surface area contributed by atoms with Crippen molar-refractivity contribution in [2.24, 2.45) is 0 Å². The molecule has 0 aliphatic carbocycles. The van der Waals surface area contributed by atoms with Crippen LogP contribution in [0.25, 0.3) is 11.4 Å². The molecule has 0 radical (unpaired) electrons. The number of hydrogen-bond donors (Lipinski definition) is 2. The predicted molar refractivity (Wildman–Crippen MR) is 93.7 cm³/mol. The minimum Gasteiger partial charge on any atom is -0.368 e. The number of pyridine rings is 1. The Balaban J connectivity index is 1.98. The molecule has 2 heterocycles. The average molecular weight is 323 g/mol. The molecule has 1 aromatic carbocycles. The summed E-state index contributed by atoms with van der Waals surface area (Å²) in [5.74, 6) is 1.34. The van der Waals surface area contributed by atoms with Crippen LogP contribution in [-0.2, 0) is 0 Å². The largest absolute Gasteiger partial charge is 0.368 e. The number of benzene rings is 1. The molecule has 24 heavy (non-hydrogen) atoms. The van der Waals surface area contributed by atoms with Gasteiger partial charge in [0.05, 0.1) is 0 Å². The molecule has 0 fully saturated rings. The Bertz CT molecular complexity index is 821. The molecule has 5 nitrogen and oxygen atoms in total. The molecule has 0 atom stereocenters. The van der Waals surface area contributed by atoms with Gasteiger partial charge in [0.2, 0.25) is 5.95 Å². The summed E-state index contributed by atoms with van der Waals surface area (Å²) in [6.07, 6.45) is 1.41. The highest BCUT2D eigenvalue weighted by Gasteiger charge is 2.08. The maximum Gasteiger partial charge on any atom is 0.214 e. The minimum atomic E-state index is -0.544. The zero-order chi connectivity index (χ0) is 16.9. The van der Waals surface area contributed by atoms with Crippen LogP contribution in [0, 0.1) is 5.95 Å². The molecule has 2 aromatic heterocycles. The summed E-state index contributed by atoms with van der Waals surface area (Å²) < 4.78 is 13.3. The van der Waals surface area contributed by atoms with Crippen molar-refractivity contribution in [2.75, 3.05) is 10.6 Å². The monoisotopic (exact) mass is 323 g/mol. The number of halogens is 1. The highest BCUT2D eigenvalue weighted by Crippen LogP contribution is 2.23. The van der Waals surface area contributed by atoms with Gasteiger partial charge in [0.15, 0.2) is 5.82 Å². The zero-order valence-corrected chi connectivity index (χ0v) is 13.5. The van der Waals surface area contributed by atoms with Crippen LogP contribution in [0.5, 0.6) is 0 Å². The van der Waals surface area contributed by atoms with E-state index in [1.807, 2.05) is 44.2 Å². The van der Waals surface area contributed by atoms with E-state index in [1.165, 1.54) is 12.3 Å².